The summed E-state index contributed by atoms with van der Waals surface area (Å²) in [6, 6.07) is 6.08. The van der Waals surface area contributed by atoms with Gasteiger partial charge in [0.2, 0.25) is 0 Å². The van der Waals surface area contributed by atoms with Crippen LogP contribution in [0.4, 0.5) is 0 Å². The molecule has 2 amide bonds. The predicted molar refractivity (Wildman–Crippen MR) is 45.3 cm³/mol. The van der Waals surface area contributed by atoms with Gasteiger partial charge in [-0.15, -0.1) is 0 Å². The van der Waals surface area contributed by atoms with Crippen LogP contribution in [0.25, 0.3) is 0 Å². The minimum atomic E-state index is -0.386. The van der Waals surface area contributed by atoms with E-state index in [1.54, 1.807) is 0 Å². The van der Waals surface area contributed by atoms with Crippen LogP contribution in [0.5, 0.6) is 0 Å². The van der Waals surface area contributed by atoms with Gasteiger partial charge in [-0.2, -0.15) is 0 Å². The highest BCUT2D eigenvalue weighted by Crippen LogP contribution is 2.02. The fourth-order valence-corrected chi connectivity index (χ4v) is 0.891. The Kier molecular flexibility index (Phi) is 2.73. The van der Waals surface area contributed by atoms with E-state index in [1.807, 2.05) is 5.43 Å². The molecule has 6 N–H and O–H groups in total. The molecule has 0 aromatic heterocycles. The summed E-state index contributed by atoms with van der Waals surface area (Å²) in [5, 5.41) is 0. The topological polar surface area (TPSA) is 99.8 Å². The van der Waals surface area contributed by atoms with Gasteiger partial charge < -0.3 is 0 Å². The number of amides is 2. The molecule has 13 heavy (non-hydrogen) atoms. The molecule has 0 radical (unpaired) electrons. The Hall–Kier alpha value is -1.72. The summed E-state index contributed by atoms with van der Waals surface area (Å²) in [5.74, 6) is 4.26. The molecular formula is C8H10N3O2+. The third kappa shape index (κ3) is 2.11. The third-order valence-corrected chi connectivity index (χ3v) is 1.60. The maximum Gasteiger partial charge on any atom is 0.340 e. The van der Waals surface area contributed by atoms with Gasteiger partial charge in [0.1, 0.15) is 0 Å². The molecule has 0 saturated carbocycles. The van der Waals surface area contributed by atoms with E-state index < -0.39 is 0 Å². The van der Waals surface area contributed by atoms with Crippen LogP contribution in [0.2, 0.25) is 0 Å². The van der Waals surface area contributed by atoms with E-state index in [0.717, 1.165) is 0 Å². The monoisotopic (exact) mass is 180 g/mol. The van der Waals surface area contributed by atoms with E-state index in [1.165, 1.54) is 24.3 Å². The highest BCUT2D eigenvalue weighted by molar-refractivity contribution is 5.95. The average Bonchev–Trinajstić information content (AvgIpc) is 2.17. The van der Waals surface area contributed by atoms with E-state index in [9.17, 15) is 9.59 Å². The van der Waals surface area contributed by atoms with Gasteiger partial charge >= 0.3 is 5.91 Å². The largest absolute Gasteiger partial charge is 0.340 e. The van der Waals surface area contributed by atoms with E-state index in [4.69, 9.17) is 5.84 Å². The number of hydrogen-bond donors (Lipinski definition) is 3. The molecule has 1 rings (SSSR count). The molecule has 0 atom stereocenters. The average molecular weight is 180 g/mol. The fourth-order valence-electron chi connectivity index (χ4n) is 0.891. The first-order chi connectivity index (χ1) is 6.15. The van der Waals surface area contributed by atoms with Crippen molar-refractivity contribution in [3.05, 3.63) is 35.4 Å². The number of nitrogen functional groups attached to an aromatic ring is 1. The molecule has 0 aliphatic carbocycles. The zero-order chi connectivity index (χ0) is 9.84. The summed E-state index contributed by atoms with van der Waals surface area (Å²) < 4.78 is 0. The number of nitrogens with one attached hydrogen (secondary N) is 1. The smallest absolute Gasteiger partial charge is 0.290 e. The van der Waals surface area contributed by atoms with Gasteiger partial charge in [0.15, 0.2) is 0 Å². The van der Waals surface area contributed by atoms with Crippen molar-refractivity contribution in [2.24, 2.45) is 5.84 Å². The molecule has 0 fully saturated rings. The number of carbonyl (C=O) groups is 2. The molecule has 5 heteroatoms. The van der Waals surface area contributed by atoms with Crippen LogP contribution < -0.4 is 17.0 Å². The highest BCUT2D eigenvalue weighted by Gasteiger charge is 2.06. The second-order valence-electron chi connectivity index (χ2n) is 2.47. The molecule has 0 bridgehead atoms. The fraction of sp³-hybridized carbons (Fsp3) is 0. The predicted octanol–water partition coefficient (Wildman–Crippen LogP) is -1.33. The normalized spacial score (nSPS) is 9.38. The van der Waals surface area contributed by atoms with Crippen molar-refractivity contribution < 1.29 is 15.3 Å². The lowest BCUT2D eigenvalue weighted by atomic mass is 10.1. The quantitative estimate of drug-likeness (QED) is 0.298. The van der Waals surface area contributed by atoms with Crippen LogP contribution in [-0.2, 0) is 0 Å². The molecule has 0 saturated heterocycles. The Morgan fingerprint density at radius 2 is 1.62 bits per heavy atom. The molecule has 0 spiro atoms. The van der Waals surface area contributed by atoms with Crippen LogP contribution >= 0.6 is 0 Å². The summed E-state index contributed by atoms with van der Waals surface area (Å²) in [4.78, 5) is 21.7. The van der Waals surface area contributed by atoms with Crippen LogP contribution in [0.1, 0.15) is 20.7 Å². The summed E-state index contributed by atoms with van der Waals surface area (Å²) in [6.07, 6.45) is 0. The van der Waals surface area contributed by atoms with Crippen molar-refractivity contribution in [2.75, 3.05) is 0 Å². The molecule has 1 aromatic rings. The van der Waals surface area contributed by atoms with Gasteiger partial charge in [-0.1, -0.05) is 0 Å². The van der Waals surface area contributed by atoms with E-state index in [2.05, 4.69) is 5.73 Å². The van der Waals surface area contributed by atoms with Crippen LogP contribution in [-0.4, -0.2) is 11.8 Å². The van der Waals surface area contributed by atoms with Crippen molar-refractivity contribution in [1.82, 2.24) is 5.43 Å². The molecule has 1 aromatic carbocycles. The SMILES string of the molecule is NNC(=O)c1ccc(C([NH3+])=O)cc1. The van der Waals surface area contributed by atoms with Crippen molar-refractivity contribution in [1.29, 1.82) is 0 Å². The molecular weight excluding hydrogens is 170 g/mol. The van der Waals surface area contributed by atoms with Crippen molar-refractivity contribution in [3.63, 3.8) is 0 Å². The summed E-state index contributed by atoms with van der Waals surface area (Å²) >= 11 is 0. The number of nitrogens with two attached hydrogens (primary N) is 1. The van der Waals surface area contributed by atoms with Gasteiger partial charge in [0, 0.05) is 5.56 Å². The number of carbonyl (C=O) groups excluding carboxylic acids is 2. The van der Waals surface area contributed by atoms with E-state index in [0.29, 0.717) is 11.1 Å². The van der Waals surface area contributed by atoms with Crippen molar-refractivity contribution in [2.45, 2.75) is 0 Å². The Morgan fingerprint density at radius 1 is 1.15 bits per heavy atom. The molecule has 0 unspecified atom stereocenters. The van der Waals surface area contributed by atoms with Crippen LogP contribution in [0, 0.1) is 0 Å². The van der Waals surface area contributed by atoms with Gasteiger partial charge in [-0.25, -0.2) is 10.6 Å². The zero-order valence-electron chi connectivity index (χ0n) is 6.91. The highest BCUT2D eigenvalue weighted by atomic mass is 16.2. The van der Waals surface area contributed by atoms with Crippen molar-refractivity contribution in [3.8, 4) is 0 Å². The lowest BCUT2D eigenvalue weighted by molar-refractivity contribution is -0.255. The second kappa shape index (κ2) is 3.79. The van der Waals surface area contributed by atoms with Gasteiger partial charge in [-0.3, -0.25) is 16.0 Å². The van der Waals surface area contributed by atoms with Crippen molar-refractivity contribution >= 4 is 11.8 Å². The first-order valence-electron chi connectivity index (χ1n) is 3.62. The number of hydrogen-bond acceptors (Lipinski definition) is 3. The number of rotatable bonds is 2. The summed E-state index contributed by atoms with van der Waals surface area (Å²) in [5.41, 5.74) is 6.11. The lowest BCUT2D eigenvalue weighted by Gasteiger charge is -1.98. The number of hydrazine groups is 1. The maximum absolute atomic E-state index is 11.0. The molecule has 68 valence electrons. The zero-order valence-corrected chi connectivity index (χ0v) is 6.91. The third-order valence-electron chi connectivity index (χ3n) is 1.60. The minimum Gasteiger partial charge on any atom is -0.290 e. The second-order valence-corrected chi connectivity index (χ2v) is 2.47. The van der Waals surface area contributed by atoms with Crippen LogP contribution in [0.3, 0.4) is 0 Å². The standard InChI is InChI=1S/C8H9N3O2/c9-7(12)5-1-3-6(4-2-5)8(13)11-10/h1-4H,10H2,(H2,9,12)(H,11,13)/p+1. The Balaban J connectivity index is 2.93. The number of quaternary nitrogens is 1. The summed E-state index contributed by atoms with van der Waals surface area (Å²) in [6.45, 7) is 0. The maximum atomic E-state index is 11.0. The van der Waals surface area contributed by atoms with Gasteiger partial charge in [0.05, 0.1) is 5.56 Å². The first kappa shape index (κ1) is 9.37. The Bertz CT molecular complexity index is 332. The Morgan fingerprint density at radius 3 is 2.00 bits per heavy atom. The first-order valence-corrected chi connectivity index (χ1v) is 3.62. The Labute approximate surface area is 74.7 Å². The van der Waals surface area contributed by atoms with Gasteiger partial charge in [-0.05, 0) is 24.3 Å². The summed E-state index contributed by atoms with van der Waals surface area (Å²) in [7, 11) is 0. The molecule has 0 heterocycles. The molecule has 5 nitrogen and oxygen atoms in total. The molecule has 0 aliphatic rings. The van der Waals surface area contributed by atoms with E-state index in [-0.39, 0.29) is 11.8 Å². The number of benzene rings is 1. The van der Waals surface area contributed by atoms with Gasteiger partial charge in [0.25, 0.3) is 5.91 Å². The molecule has 0 aliphatic heterocycles. The van der Waals surface area contributed by atoms with Crippen LogP contribution in [0.15, 0.2) is 24.3 Å². The van der Waals surface area contributed by atoms with E-state index >= 15 is 0 Å². The minimum absolute atomic E-state index is 0.278. The lowest BCUT2D eigenvalue weighted by Crippen LogP contribution is -2.56.